The van der Waals surface area contributed by atoms with Crippen LogP contribution in [-0.4, -0.2) is 11.3 Å². The Hall–Kier alpha value is -6.67. The van der Waals surface area contributed by atoms with Gasteiger partial charge in [-0.3, -0.25) is 0 Å². The van der Waals surface area contributed by atoms with Gasteiger partial charge in [0.25, 0.3) is 0 Å². The van der Waals surface area contributed by atoms with Crippen LogP contribution in [0.25, 0.3) is 75.4 Å². The van der Waals surface area contributed by atoms with E-state index in [-0.39, 0.29) is 12.3 Å². The fraction of sp³-hybridized carbons (Fsp3) is 0.0741. The summed E-state index contributed by atoms with van der Waals surface area (Å²) in [5.41, 5.74) is 15.2. The van der Waals surface area contributed by atoms with E-state index in [1.165, 1.54) is 80.9 Å². The summed E-state index contributed by atoms with van der Waals surface area (Å²) in [5, 5.41) is 6.10. The van der Waals surface area contributed by atoms with Gasteiger partial charge in [-0.1, -0.05) is 136 Å². The summed E-state index contributed by atoms with van der Waals surface area (Å²) >= 11 is 3.69. The second kappa shape index (κ2) is 12.0. The van der Waals surface area contributed by atoms with Crippen LogP contribution >= 0.6 is 23.1 Å². The quantitative estimate of drug-likeness (QED) is 0.163. The highest BCUT2D eigenvalue weighted by molar-refractivity contribution is 7.99. The van der Waals surface area contributed by atoms with Crippen LogP contribution in [0.15, 0.2) is 172 Å². The Labute approximate surface area is 360 Å². The number of hydrogen-bond acceptors (Lipinski definition) is 5. The average molecular weight is 819 g/mol. The molecular formula is C54H35BN2O2S2. The lowest BCUT2D eigenvalue weighted by atomic mass is 9.45. The number of benzene rings is 8. The minimum Gasteiger partial charge on any atom is -0.455 e. The van der Waals surface area contributed by atoms with Gasteiger partial charge in [-0.2, -0.15) is 0 Å². The van der Waals surface area contributed by atoms with Crippen LogP contribution in [0.3, 0.4) is 0 Å². The Bertz CT molecular complexity index is 3720. The van der Waals surface area contributed by atoms with Crippen molar-refractivity contribution in [3.05, 3.63) is 163 Å². The zero-order valence-electron chi connectivity index (χ0n) is 33.6. The van der Waals surface area contributed by atoms with Crippen molar-refractivity contribution in [1.29, 1.82) is 0 Å². The van der Waals surface area contributed by atoms with Gasteiger partial charge in [-0.25, -0.2) is 0 Å². The normalized spacial score (nSPS) is 13.8. The number of furan rings is 1. The largest absolute Gasteiger partial charge is 0.455 e. The molecule has 3 aliphatic rings. The van der Waals surface area contributed by atoms with E-state index in [1.807, 2.05) is 11.3 Å². The van der Waals surface area contributed by atoms with Gasteiger partial charge in [-0.05, 0) is 81.6 Å². The summed E-state index contributed by atoms with van der Waals surface area (Å²) in [6.45, 7) is 6.73. The molecule has 0 unspecified atom stereocenters. The molecule has 8 aromatic carbocycles. The molecule has 61 heavy (non-hydrogen) atoms. The molecule has 0 bridgehead atoms. The third-order valence-electron chi connectivity index (χ3n) is 13.2. The molecule has 4 nitrogen and oxygen atoms in total. The minimum atomic E-state index is -0.182. The van der Waals surface area contributed by atoms with Crippen molar-refractivity contribution in [3.63, 3.8) is 0 Å². The molecule has 0 fully saturated rings. The second-order valence-electron chi connectivity index (χ2n) is 17.6. The lowest BCUT2D eigenvalue weighted by Crippen LogP contribution is -2.56. The number of anilines is 3. The predicted molar refractivity (Wildman–Crippen MR) is 257 cm³/mol. The highest BCUT2D eigenvalue weighted by Gasteiger charge is 2.46. The lowest BCUT2D eigenvalue weighted by Gasteiger charge is -2.42. The van der Waals surface area contributed by atoms with Crippen molar-refractivity contribution in [3.8, 4) is 33.8 Å². The lowest BCUT2D eigenvalue weighted by molar-refractivity contribution is 0.455. The summed E-state index contributed by atoms with van der Waals surface area (Å²) in [6.07, 6.45) is 0. The van der Waals surface area contributed by atoms with E-state index in [2.05, 4.69) is 188 Å². The third kappa shape index (κ3) is 4.57. The molecule has 3 aliphatic heterocycles. The van der Waals surface area contributed by atoms with Crippen molar-refractivity contribution < 1.29 is 9.15 Å². The van der Waals surface area contributed by atoms with Gasteiger partial charge in [0, 0.05) is 54.6 Å². The van der Waals surface area contributed by atoms with Crippen LogP contribution in [-0.2, 0) is 5.41 Å². The van der Waals surface area contributed by atoms with Gasteiger partial charge in [0.2, 0.25) is 0 Å². The molecule has 0 aliphatic carbocycles. The maximum absolute atomic E-state index is 7.02. The molecule has 3 aromatic heterocycles. The molecule has 0 N–H and O–H groups in total. The van der Waals surface area contributed by atoms with Crippen LogP contribution in [0, 0.1) is 0 Å². The Kier molecular flexibility index (Phi) is 6.71. The fourth-order valence-corrected chi connectivity index (χ4v) is 12.7. The summed E-state index contributed by atoms with van der Waals surface area (Å²) in [5.74, 6) is 1.76. The highest BCUT2D eigenvalue weighted by Crippen LogP contribution is 2.55. The molecular weight excluding hydrogens is 784 g/mol. The first-order valence-electron chi connectivity index (χ1n) is 20.9. The number of nitrogens with zero attached hydrogens (tertiary/aromatic N) is 2. The zero-order chi connectivity index (χ0) is 40.3. The molecule has 6 heterocycles. The van der Waals surface area contributed by atoms with Crippen LogP contribution in [0.5, 0.6) is 11.5 Å². The SMILES string of the molecule is CC(C)(C)c1ccc(N2c3cc4c(cc3B3c5c(cc6c(sc7ccccc76)c52)-c2cccc5c6c7ccccc7oc6n3c25)Sc2ccccc2O4)c(-c2ccccc2)c1. The third-order valence-corrected chi connectivity index (χ3v) is 15.5. The molecule has 14 rings (SSSR count). The van der Waals surface area contributed by atoms with Crippen molar-refractivity contribution in [2.75, 3.05) is 4.90 Å². The number of thiophene rings is 1. The molecule has 0 spiro atoms. The number of rotatable bonds is 2. The number of para-hydroxylation sites is 3. The van der Waals surface area contributed by atoms with Crippen LogP contribution in [0.4, 0.5) is 17.1 Å². The first-order chi connectivity index (χ1) is 29.9. The second-order valence-corrected chi connectivity index (χ2v) is 19.7. The summed E-state index contributed by atoms with van der Waals surface area (Å²) in [7, 11) is 0. The Morgan fingerprint density at radius 1 is 0.590 bits per heavy atom. The average Bonchev–Trinajstić information content (AvgIpc) is 3.96. The van der Waals surface area contributed by atoms with E-state index >= 15 is 0 Å². The van der Waals surface area contributed by atoms with Gasteiger partial charge < -0.3 is 18.5 Å². The monoisotopic (exact) mass is 818 g/mol. The molecule has 11 aromatic rings. The van der Waals surface area contributed by atoms with Crippen molar-refractivity contribution in [2.24, 2.45) is 0 Å². The van der Waals surface area contributed by atoms with Crippen molar-refractivity contribution >= 4 is 111 Å². The van der Waals surface area contributed by atoms with Gasteiger partial charge in [0.15, 0.2) is 5.71 Å². The van der Waals surface area contributed by atoms with Crippen LogP contribution < -0.4 is 20.6 Å². The number of aromatic nitrogens is 1. The molecule has 0 saturated carbocycles. The first kappa shape index (κ1) is 34.1. The van der Waals surface area contributed by atoms with Crippen LogP contribution in [0.2, 0.25) is 0 Å². The molecule has 7 heteroatoms. The summed E-state index contributed by atoms with van der Waals surface area (Å²) < 4.78 is 19.0. The van der Waals surface area contributed by atoms with Gasteiger partial charge in [0.05, 0.1) is 31.3 Å². The molecule has 0 atom stereocenters. The van der Waals surface area contributed by atoms with E-state index in [1.54, 1.807) is 11.8 Å². The van der Waals surface area contributed by atoms with E-state index in [0.29, 0.717) is 0 Å². The van der Waals surface area contributed by atoms with E-state index in [0.717, 1.165) is 49.3 Å². The maximum atomic E-state index is 7.02. The Morgan fingerprint density at radius 2 is 1.38 bits per heavy atom. The zero-order valence-corrected chi connectivity index (χ0v) is 35.2. The van der Waals surface area contributed by atoms with Crippen LogP contribution in [0.1, 0.15) is 26.3 Å². The summed E-state index contributed by atoms with van der Waals surface area (Å²) in [6, 6.07) is 58.0. The Balaban J connectivity index is 1.18. The van der Waals surface area contributed by atoms with Crippen molar-refractivity contribution in [1.82, 2.24) is 4.48 Å². The Morgan fingerprint density at radius 3 is 2.26 bits per heavy atom. The van der Waals surface area contributed by atoms with Crippen molar-refractivity contribution in [2.45, 2.75) is 36.0 Å². The number of hydrogen-bond donors (Lipinski definition) is 0. The number of fused-ring (bicyclic) bond motifs is 15. The smallest absolute Gasteiger partial charge is 0.336 e. The van der Waals surface area contributed by atoms with E-state index in [4.69, 9.17) is 9.15 Å². The fourth-order valence-electron chi connectivity index (χ4n) is 10.4. The summed E-state index contributed by atoms with van der Waals surface area (Å²) in [4.78, 5) is 4.83. The van der Waals surface area contributed by atoms with E-state index < -0.39 is 0 Å². The molecule has 288 valence electrons. The minimum absolute atomic E-state index is 0.0450. The maximum Gasteiger partial charge on any atom is 0.336 e. The van der Waals surface area contributed by atoms with Gasteiger partial charge in [-0.15, -0.1) is 11.3 Å². The molecule has 0 radical (unpaired) electrons. The van der Waals surface area contributed by atoms with Gasteiger partial charge >= 0.3 is 6.85 Å². The van der Waals surface area contributed by atoms with Gasteiger partial charge in [0.1, 0.15) is 17.1 Å². The standard InChI is InChI=1S/C54H35BN2O2S2/c1-54(2,3)31-24-25-40(36(26-31)30-14-5-4-6-15-30)56-41-29-44-47(60-46-23-12-10-21-43(46)58-44)28-39(41)55-49-37(27-38-32-16-8-11-22-45(32)61-52(38)51(49)56)33-18-13-19-35-48-34-17-7-9-20-42(34)59-53(48)57(55)50(33)35/h4-29H,1-3H3. The topological polar surface area (TPSA) is 30.5 Å². The first-order valence-corrected chi connectivity index (χ1v) is 22.6. The van der Waals surface area contributed by atoms with E-state index in [9.17, 15) is 0 Å². The number of ether oxygens (including phenoxy) is 1. The molecule has 0 saturated heterocycles. The predicted octanol–water partition coefficient (Wildman–Crippen LogP) is 14.5. The highest BCUT2D eigenvalue weighted by atomic mass is 32.2. The molecule has 0 amide bonds.